The number of rotatable bonds is 6. The maximum absolute atomic E-state index is 3.92. The first kappa shape index (κ1) is 12.1. The summed E-state index contributed by atoms with van der Waals surface area (Å²) in [5, 5.41) is 11.1. The fraction of sp³-hybridized carbons (Fsp3) is 0.667. The quantitative estimate of drug-likeness (QED) is 0.779. The van der Waals surface area contributed by atoms with Crippen LogP contribution in [0.3, 0.4) is 0 Å². The van der Waals surface area contributed by atoms with E-state index in [-0.39, 0.29) is 0 Å². The molecular weight excluding hydrogens is 186 g/mol. The Morgan fingerprint density at radius 1 is 1.40 bits per heavy atom. The lowest BCUT2D eigenvalue weighted by molar-refractivity contribution is 0.406. The van der Waals surface area contributed by atoms with Crippen LogP contribution in [0.25, 0.3) is 0 Å². The molecule has 0 amide bonds. The highest BCUT2D eigenvalue weighted by Gasteiger charge is 2.12. The molecule has 0 aliphatic heterocycles. The zero-order chi connectivity index (χ0) is 11.1. The maximum Gasteiger partial charge on any atom is 0.0544 e. The minimum atomic E-state index is 0.405. The fourth-order valence-corrected chi connectivity index (χ4v) is 1.94. The molecule has 0 saturated heterocycles. The standard InChI is InChI=1S/C12H21N3/c1-4-5-10(2)8-12(13-3)11-6-7-14-15-9-11/h6-7,9-10,12-13H,4-5,8H2,1-3H3. The van der Waals surface area contributed by atoms with Crippen LogP contribution in [0.1, 0.15) is 44.7 Å². The number of hydrogen-bond acceptors (Lipinski definition) is 3. The van der Waals surface area contributed by atoms with Crippen molar-refractivity contribution in [1.29, 1.82) is 0 Å². The normalized spacial score (nSPS) is 14.9. The first-order chi connectivity index (χ1) is 7.27. The van der Waals surface area contributed by atoms with Gasteiger partial charge in [-0.25, -0.2) is 0 Å². The van der Waals surface area contributed by atoms with Crippen molar-refractivity contribution < 1.29 is 0 Å². The molecule has 0 aliphatic rings. The van der Waals surface area contributed by atoms with Crippen molar-refractivity contribution >= 4 is 0 Å². The molecule has 1 rings (SSSR count). The van der Waals surface area contributed by atoms with Crippen molar-refractivity contribution in [3.8, 4) is 0 Å². The Morgan fingerprint density at radius 3 is 2.73 bits per heavy atom. The molecule has 0 radical (unpaired) electrons. The Morgan fingerprint density at radius 2 is 2.20 bits per heavy atom. The zero-order valence-electron chi connectivity index (χ0n) is 9.90. The molecule has 0 fully saturated rings. The summed E-state index contributed by atoms with van der Waals surface area (Å²) < 4.78 is 0. The van der Waals surface area contributed by atoms with E-state index in [1.807, 2.05) is 19.3 Å². The van der Waals surface area contributed by atoms with E-state index in [0.29, 0.717) is 6.04 Å². The summed E-state index contributed by atoms with van der Waals surface area (Å²) in [4.78, 5) is 0. The minimum Gasteiger partial charge on any atom is -0.313 e. The molecule has 2 unspecified atom stereocenters. The predicted octanol–water partition coefficient (Wildman–Crippen LogP) is 2.56. The van der Waals surface area contributed by atoms with Crippen LogP contribution in [0.5, 0.6) is 0 Å². The summed E-state index contributed by atoms with van der Waals surface area (Å²) in [6, 6.07) is 2.44. The lowest BCUT2D eigenvalue weighted by Gasteiger charge is -2.20. The van der Waals surface area contributed by atoms with Gasteiger partial charge in [0.25, 0.3) is 0 Å². The van der Waals surface area contributed by atoms with E-state index in [0.717, 1.165) is 12.3 Å². The van der Waals surface area contributed by atoms with E-state index in [1.54, 1.807) is 6.20 Å². The molecule has 0 aromatic carbocycles. The lowest BCUT2D eigenvalue weighted by atomic mass is 9.94. The molecule has 1 heterocycles. The van der Waals surface area contributed by atoms with Crippen LogP contribution in [0.15, 0.2) is 18.5 Å². The lowest BCUT2D eigenvalue weighted by Crippen LogP contribution is -2.19. The van der Waals surface area contributed by atoms with Crippen LogP contribution in [0.4, 0.5) is 0 Å². The third-order valence-electron chi connectivity index (χ3n) is 2.78. The topological polar surface area (TPSA) is 37.8 Å². The summed E-state index contributed by atoms with van der Waals surface area (Å²) >= 11 is 0. The molecule has 0 spiro atoms. The van der Waals surface area contributed by atoms with Gasteiger partial charge in [-0.15, -0.1) is 0 Å². The van der Waals surface area contributed by atoms with Gasteiger partial charge in [0.1, 0.15) is 0 Å². The Balaban J connectivity index is 2.56. The largest absolute Gasteiger partial charge is 0.313 e. The van der Waals surface area contributed by atoms with E-state index in [9.17, 15) is 0 Å². The van der Waals surface area contributed by atoms with E-state index in [1.165, 1.54) is 18.4 Å². The van der Waals surface area contributed by atoms with Gasteiger partial charge in [0.2, 0.25) is 0 Å². The Bertz CT molecular complexity index is 261. The van der Waals surface area contributed by atoms with Gasteiger partial charge in [0, 0.05) is 12.2 Å². The smallest absolute Gasteiger partial charge is 0.0544 e. The summed E-state index contributed by atoms with van der Waals surface area (Å²) in [7, 11) is 2.00. The van der Waals surface area contributed by atoms with Crippen LogP contribution in [0, 0.1) is 5.92 Å². The molecule has 1 aromatic heterocycles. The van der Waals surface area contributed by atoms with Gasteiger partial charge in [0.05, 0.1) is 6.20 Å². The summed E-state index contributed by atoms with van der Waals surface area (Å²) in [5.41, 5.74) is 1.23. The highest BCUT2D eigenvalue weighted by molar-refractivity contribution is 5.11. The molecule has 1 N–H and O–H groups in total. The van der Waals surface area contributed by atoms with Crippen molar-refractivity contribution in [1.82, 2.24) is 15.5 Å². The molecule has 15 heavy (non-hydrogen) atoms. The summed E-state index contributed by atoms with van der Waals surface area (Å²) in [5.74, 6) is 0.751. The third-order valence-corrected chi connectivity index (χ3v) is 2.78. The second-order valence-corrected chi connectivity index (χ2v) is 4.15. The fourth-order valence-electron chi connectivity index (χ4n) is 1.94. The Hall–Kier alpha value is -0.960. The van der Waals surface area contributed by atoms with E-state index >= 15 is 0 Å². The van der Waals surface area contributed by atoms with Crippen molar-refractivity contribution in [2.24, 2.45) is 5.92 Å². The monoisotopic (exact) mass is 207 g/mol. The van der Waals surface area contributed by atoms with Crippen molar-refractivity contribution in [2.75, 3.05) is 7.05 Å². The third kappa shape index (κ3) is 3.96. The van der Waals surface area contributed by atoms with E-state index in [4.69, 9.17) is 0 Å². The molecule has 84 valence electrons. The van der Waals surface area contributed by atoms with Crippen LogP contribution in [-0.4, -0.2) is 17.2 Å². The predicted molar refractivity (Wildman–Crippen MR) is 62.5 cm³/mol. The molecule has 0 aliphatic carbocycles. The van der Waals surface area contributed by atoms with Gasteiger partial charge in [-0.2, -0.15) is 10.2 Å². The number of nitrogens with zero attached hydrogens (tertiary/aromatic N) is 2. The van der Waals surface area contributed by atoms with Gasteiger partial charge >= 0.3 is 0 Å². The molecule has 2 atom stereocenters. The van der Waals surface area contributed by atoms with Crippen LogP contribution in [0.2, 0.25) is 0 Å². The summed E-state index contributed by atoms with van der Waals surface area (Å²) in [6.45, 7) is 4.54. The SMILES string of the molecule is CCCC(C)CC(NC)c1ccnnc1. The highest BCUT2D eigenvalue weighted by atomic mass is 15.1. The Labute approximate surface area is 92.3 Å². The minimum absolute atomic E-state index is 0.405. The first-order valence-corrected chi connectivity index (χ1v) is 5.71. The molecule has 3 heteroatoms. The number of hydrogen-bond donors (Lipinski definition) is 1. The average molecular weight is 207 g/mol. The van der Waals surface area contributed by atoms with Crippen LogP contribution >= 0.6 is 0 Å². The second-order valence-electron chi connectivity index (χ2n) is 4.15. The van der Waals surface area contributed by atoms with Gasteiger partial charge in [-0.05, 0) is 31.0 Å². The van der Waals surface area contributed by atoms with Crippen LogP contribution < -0.4 is 5.32 Å². The highest BCUT2D eigenvalue weighted by Crippen LogP contribution is 2.22. The van der Waals surface area contributed by atoms with Gasteiger partial charge in [0.15, 0.2) is 0 Å². The maximum atomic E-state index is 3.92. The molecular formula is C12H21N3. The van der Waals surface area contributed by atoms with Gasteiger partial charge in [-0.1, -0.05) is 26.7 Å². The summed E-state index contributed by atoms with van der Waals surface area (Å²) in [6.07, 6.45) is 7.31. The van der Waals surface area contributed by atoms with E-state index < -0.39 is 0 Å². The van der Waals surface area contributed by atoms with Crippen LogP contribution in [-0.2, 0) is 0 Å². The van der Waals surface area contributed by atoms with Crippen molar-refractivity contribution in [2.45, 2.75) is 39.2 Å². The Kier molecular flexibility index (Phi) is 5.26. The van der Waals surface area contributed by atoms with Crippen molar-refractivity contribution in [3.05, 3.63) is 24.0 Å². The second kappa shape index (κ2) is 6.51. The van der Waals surface area contributed by atoms with Gasteiger partial charge < -0.3 is 5.32 Å². The zero-order valence-corrected chi connectivity index (χ0v) is 9.90. The molecule has 0 bridgehead atoms. The van der Waals surface area contributed by atoms with Crippen molar-refractivity contribution in [3.63, 3.8) is 0 Å². The van der Waals surface area contributed by atoms with Gasteiger partial charge in [-0.3, -0.25) is 0 Å². The molecule has 1 aromatic rings. The first-order valence-electron chi connectivity index (χ1n) is 5.71. The number of aromatic nitrogens is 2. The average Bonchev–Trinajstić information content (AvgIpc) is 2.27. The molecule has 0 saturated carbocycles. The number of nitrogens with one attached hydrogen (secondary N) is 1. The van der Waals surface area contributed by atoms with E-state index in [2.05, 4.69) is 29.4 Å². The molecule has 3 nitrogen and oxygen atoms in total.